The number of hydrogen-bond acceptors (Lipinski definition) is 0. The summed E-state index contributed by atoms with van der Waals surface area (Å²) in [6, 6.07) is 10.0. The Kier molecular flexibility index (Phi) is 7.26. The van der Waals surface area contributed by atoms with Gasteiger partial charge in [0.05, 0.1) is 5.38 Å². The maximum atomic E-state index is 5.54. The monoisotopic (exact) mass is 357 g/mol. The van der Waals surface area contributed by atoms with E-state index in [1.165, 1.54) is 0 Å². The van der Waals surface area contributed by atoms with E-state index in [0.29, 0.717) is 0 Å². The number of allylic oxidation sites excluding steroid dienone is 4. The molecule has 0 spiro atoms. The molecule has 0 amide bonds. The average molecular weight is 356 g/mol. The van der Waals surface area contributed by atoms with Crippen LogP contribution < -0.4 is 0 Å². The van der Waals surface area contributed by atoms with E-state index in [0.717, 1.165) is 0 Å². The quantitative estimate of drug-likeness (QED) is 0.495. The van der Waals surface area contributed by atoms with Gasteiger partial charge in [-0.2, -0.15) is 18.2 Å². The third-order valence-electron chi connectivity index (χ3n) is 1.26. The maximum Gasteiger partial charge on any atom is 2.00 e. The summed E-state index contributed by atoms with van der Waals surface area (Å²) in [5, 5.41) is 0.157. The zero-order valence-electron chi connectivity index (χ0n) is 6.51. The van der Waals surface area contributed by atoms with Crippen molar-refractivity contribution in [1.29, 1.82) is 0 Å². The molecule has 1 aromatic carbocycles. The van der Waals surface area contributed by atoms with Crippen LogP contribution in [0.5, 0.6) is 0 Å². The molecule has 12 heavy (non-hydrogen) atoms. The van der Waals surface area contributed by atoms with Crippen LogP contribution in [-0.2, 0) is 19.8 Å². The molecule has 0 heterocycles. The van der Waals surface area contributed by atoms with Crippen molar-refractivity contribution in [2.24, 2.45) is 0 Å². The van der Waals surface area contributed by atoms with Crippen molar-refractivity contribution in [1.82, 2.24) is 0 Å². The molecular formula is C10H10ClOs+. The van der Waals surface area contributed by atoms with Crippen LogP contribution in [0.2, 0.25) is 0 Å². The van der Waals surface area contributed by atoms with Gasteiger partial charge in [-0.3, -0.25) is 0 Å². The molecule has 0 atom stereocenters. The topological polar surface area (TPSA) is 0 Å². The molecule has 64 valence electrons. The summed E-state index contributed by atoms with van der Waals surface area (Å²) in [4.78, 5) is 0. The van der Waals surface area contributed by atoms with Gasteiger partial charge in [-0.1, -0.05) is 24.3 Å². The van der Waals surface area contributed by atoms with Gasteiger partial charge in [0.2, 0.25) is 0 Å². The van der Waals surface area contributed by atoms with Crippen molar-refractivity contribution in [3.63, 3.8) is 0 Å². The Morgan fingerprint density at radius 3 is 1.67 bits per heavy atom. The molecule has 1 aliphatic carbocycles. The smallest absolute Gasteiger partial charge is 0.214 e. The van der Waals surface area contributed by atoms with E-state index in [1.54, 1.807) is 0 Å². The molecule has 0 radical (unpaired) electrons. The van der Waals surface area contributed by atoms with Crippen LogP contribution in [-0.4, -0.2) is 5.38 Å². The minimum absolute atomic E-state index is 0. The van der Waals surface area contributed by atoms with Crippen LogP contribution in [0.1, 0.15) is 0 Å². The molecule has 0 aromatic heterocycles. The SMILES string of the molecule is ClC1C=CC=C1.[Os+2].c1cc[cH-]c1. The number of alkyl halides is 1. The van der Waals surface area contributed by atoms with Gasteiger partial charge >= 0.3 is 19.8 Å². The van der Waals surface area contributed by atoms with Crippen molar-refractivity contribution < 1.29 is 19.8 Å². The van der Waals surface area contributed by atoms with E-state index in [9.17, 15) is 0 Å². The van der Waals surface area contributed by atoms with Gasteiger partial charge in [-0.05, 0) is 0 Å². The Morgan fingerprint density at radius 1 is 1.00 bits per heavy atom. The molecule has 0 unspecified atom stereocenters. The van der Waals surface area contributed by atoms with Crippen molar-refractivity contribution in [3.05, 3.63) is 54.6 Å². The van der Waals surface area contributed by atoms with Crippen LogP contribution >= 0.6 is 11.6 Å². The molecule has 0 N–H and O–H groups in total. The Hall–Kier alpha value is -0.244. The molecule has 2 heteroatoms. The molecule has 1 aliphatic rings. The maximum absolute atomic E-state index is 5.54. The summed E-state index contributed by atoms with van der Waals surface area (Å²) in [7, 11) is 0. The number of rotatable bonds is 0. The average Bonchev–Trinajstić information content (AvgIpc) is 2.57. The van der Waals surface area contributed by atoms with Crippen LogP contribution in [0.15, 0.2) is 54.6 Å². The van der Waals surface area contributed by atoms with Gasteiger partial charge in [0.15, 0.2) is 0 Å². The minimum Gasteiger partial charge on any atom is -0.214 e. The van der Waals surface area contributed by atoms with E-state index < -0.39 is 0 Å². The number of hydrogen-bond donors (Lipinski definition) is 0. The summed E-state index contributed by atoms with van der Waals surface area (Å²) in [6.45, 7) is 0. The van der Waals surface area contributed by atoms with E-state index in [2.05, 4.69) is 0 Å². The van der Waals surface area contributed by atoms with E-state index in [4.69, 9.17) is 11.6 Å². The predicted octanol–water partition coefficient (Wildman–Crippen LogP) is 3.12. The summed E-state index contributed by atoms with van der Waals surface area (Å²) < 4.78 is 0. The molecule has 0 fully saturated rings. The summed E-state index contributed by atoms with van der Waals surface area (Å²) in [6.07, 6.45) is 7.75. The summed E-state index contributed by atoms with van der Waals surface area (Å²) >= 11 is 5.54. The van der Waals surface area contributed by atoms with Crippen molar-refractivity contribution >= 4 is 11.6 Å². The fraction of sp³-hybridized carbons (Fsp3) is 0.100. The Bertz CT molecular complexity index is 195. The molecule has 1 aromatic rings. The Labute approximate surface area is 91.3 Å². The van der Waals surface area contributed by atoms with Gasteiger partial charge in [0, 0.05) is 0 Å². The van der Waals surface area contributed by atoms with Crippen LogP contribution in [0.4, 0.5) is 0 Å². The minimum atomic E-state index is 0. The van der Waals surface area contributed by atoms with Gasteiger partial charge < -0.3 is 0 Å². The second-order valence-electron chi connectivity index (χ2n) is 2.18. The third kappa shape index (κ3) is 5.41. The Morgan fingerprint density at radius 2 is 1.50 bits per heavy atom. The van der Waals surface area contributed by atoms with Gasteiger partial charge in [0.25, 0.3) is 0 Å². The molecule has 0 aliphatic heterocycles. The van der Waals surface area contributed by atoms with Gasteiger partial charge in [-0.25, -0.2) is 12.1 Å². The molecule has 0 saturated heterocycles. The number of halogens is 1. The van der Waals surface area contributed by atoms with E-state index in [-0.39, 0.29) is 25.2 Å². The molecular weight excluding hydrogens is 346 g/mol. The first-order chi connectivity index (χ1) is 5.39. The summed E-state index contributed by atoms with van der Waals surface area (Å²) in [5.41, 5.74) is 0. The standard InChI is InChI=1S/C5H5Cl.C5H5.Os/c6-5-3-1-2-4-5;1-2-4-5-3-1;/h1-5H;1-5H;/q;-1;+2. The molecule has 0 saturated carbocycles. The molecule has 0 nitrogen and oxygen atoms in total. The Balaban J connectivity index is 0.000000189. The zero-order valence-corrected chi connectivity index (χ0v) is 9.80. The van der Waals surface area contributed by atoms with E-state index in [1.807, 2.05) is 54.6 Å². The molecule has 2 rings (SSSR count). The van der Waals surface area contributed by atoms with Crippen LogP contribution in [0, 0.1) is 0 Å². The fourth-order valence-corrected chi connectivity index (χ4v) is 0.893. The molecule has 0 bridgehead atoms. The van der Waals surface area contributed by atoms with E-state index >= 15 is 0 Å². The van der Waals surface area contributed by atoms with Crippen LogP contribution in [0.3, 0.4) is 0 Å². The van der Waals surface area contributed by atoms with Crippen molar-refractivity contribution in [3.8, 4) is 0 Å². The van der Waals surface area contributed by atoms with Gasteiger partial charge in [0.1, 0.15) is 0 Å². The largest absolute Gasteiger partial charge is 2.00 e. The second-order valence-corrected chi connectivity index (χ2v) is 2.68. The third-order valence-corrected chi connectivity index (χ3v) is 1.55. The predicted molar refractivity (Wildman–Crippen MR) is 50.0 cm³/mol. The normalized spacial score (nSPS) is 13.4. The first-order valence-electron chi connectivity index (χ1n) is 3.55. The summed E-state index contributed by atoms with van der Waals surface area (Å²) in [5.74, 6) is 0. The van der Waals surface area contributed by atoms with Crippen molar-refractivity contribution in [2.45, 2.75) is 5.38 Å². The first kappa shape index (κ1) is 11.8. The van der Waals surface area contributed by atoms with Gasteiger partial charge in [-0.15, -0.1) is 11.6 Å². The van der Waals surface area contributed by atoms with Crippen molar-refractivity contribution in [2.75, 3.05) is 0 Å². The first-order valence-corrected chi connectivity index (χ1v) is 3.99. The second kappa shape index (κ2) is 7.41. The zero-order chi connectivity index (χ0) is 7.94. The fourth-order valence-electron chi connectivity index (χ4n) is 0.725. The van der Waals surface area contributed by atoms with Crippen LogP contribution in [0.25, 0.3) is 0 Å².